The summed E-state index contributed by atoms with van der Waals surface area (Å²) in [6.07, 6.45) is 0. The molecule has 0 aliphatic carbocycles. The van der Waals surface area contributed by atoms with Crippen molar-refractivity contribution in [1.82, 2.24) is 0 Å². The van der Waals surface area contributed by atoms with Crippen molar-refractivity contribution in [3.05, 3.63) is 28.3 Å². The molecule has 4 heteroatoms. The number of benzene rings is 1. The van der Waals surface area contributed by atoms with E-state index in [1.165, 1.54) is 7.11 Å². The number of rotatable bonds is 1. The normalized spacial score (nSPS) is 8.18. The number of anilines is 1. The predicted octanol–water partition coefficient (Wildman–Crippen LogP) is 4.07. The molecule has 0 spiro atoms. The van der Waals surface area contributed by atoms with E-state index >= 15 is 0 Å². The highest BCUT2D eigenvalue weighted by molar-refractivity contribution is 6.34. The maximum Gasteiger partial charge on any atom is 0.339 e. The summed E-state index contributed by atoms with van der Waals surface area (Å²) in [5, 5.41) is 0.354. The Labute approximate surface area is 109 Å². The van der Waals surface area contributed by atoms with E-state index in [0.29, 0.717) is 21.8 Å². The van der Waals surface area contributed by atoms with Gasteiger partial charge < -0.3 is 10.5 Å². The molecule has 1 rings (SSSR count). The molecule has 2 N–H and O–H groups in total. The Hall–Kier alpha value is -1.22. The van der Waals surface area contributed by atoms with Crippen LogP contribution in [0.3, 0.4) is 0 Å². The zero-order valence-corrected chi connectivity index (χ0v) is 12.2. The van der Waals surface area contributed by atoms with E-state index < -0.39 is 5.97 Å². The Morgan fingerprint density at radius 3 is 2.12 bits per heavy atom. The minimum Gasteiger partial charge on any atom is -0.465 e. The number of hydrogen-bond donors (Lipinski definition) is 1. The number of carbonyl (C=O) groups excluding carboxylic acids is 1. The molecule has 0 unspecified atom stereocenters. The van der Waals surface area contributed by atoms with Crippen molar-refractivity contribution < 1.29 is 9.53 Å². The molecular formula is C13H22ClNO2. The van der Waals surface area contributed by atoms with Crippen LogP contribution in [0, 0.1) is 6.92 Å². The predicted molar refractivity (Wildman–Crippen MR) is 74.6 cm³/mol. The monoisotopic (exact) mass is 259 g/mol. The molecule has 0 bridgehead atoms. The molecule has 98 valence electrons. The third-order valence-electron chi connectivity index (χ3n) is 1.83. The van der Waals surface area contributed by atoms with Gasteiger partial charge in [-0.3, -0.25) is 0 Å². The standard InChI is InChI=1S/C9H10ClNO2.2C2H6/c1-5-7(11)4-3-6(8(5)10)9(12)13-2;2*1-2/h3-4H,11H2,1-2H3;2*1-2H3. The van der Waals surface area contributed by atoms with Crippen LogP contribution >= 0.6 is 11.6 Å². The second-order valence-corrected chi connectivity index (χ2v) is 3.01. The number of hydrogen-bond acceptors (Lipinski definition) is 3. The molecule has 17 heavy (non-hydrogen) atoms. The lowest BCUT2D eigenvalue weighted by Crippen LogP contribution is -2.04. The average Bonchev–Trinajstić information content (AvgIpc) is 2.40. The Morgan fingerprint density at radius 1 is 1.24 bits per heavy atom. The van der Waals surface area contributed by atoms with Gasteiger partial charge in [-0.05, 0) is 24.6 Å². The van der Waals surface area contributed by atoms with Gasteiger partial charge >= 0.3 is 5.97 Å². The molecule has 0 aromatic heterocycles. The maximum atomic E-state index is 11.2. The summed E-state index contributed by atoms with van der Waals surface area (Å²) in [7, 11) is 1.31. The summed E-state index contributed by atoms with van der Waals surface area (Å²) < 4.78 is 4.55. The van der Waals surface area contributed by atoms with Gasteiger partial charge in [0.25, 0.3) is 0 Å². The lowest BCUT2D eigenvalue weighted by molar-refractivity contribution is 0.0601. The molecule has 0 saturated heterocycles. The molecule has 0 atom stereocenters. The highest BCUT2D eigenvalue weighted by Crippen LogP contribution is 2.25. The Bertz CT molecular complexity index is 352. The summed E-state index contributed by atoms with van der Waals surface area (Å²) in [6, 6.07) is 3.18. The van der Waals surface area contributed by atoms with E-state index in [1.54, 1.807) is 19.1 Å². The summed E-state index contributed by atoms with van der Waals surface area (Å²) in [6.45, 7) is 9.75. The lowest BCUT2D eigenvalue weighted by atomic mass is 10.1. The van der Waals surface area contributed by atoms with Gasteiger partial charge in [0.15, 0.2) is 0 Å². The van der Waals surface area contributed by atoms with Gasteiger partial charge in [-0.15, -0.1) is 0 Å². The minimum absolute atomic E-state index is 0.343. The van der Waals surface area contributed by atoms with Crippen molar-refractivity contribution >= 4 is 23.3 Å². The van der Waals surface area contributed by atoms with E-state index in [-0.39, 0.29) is 0 Å². The first-order valence-corrected chi connectivity index (χ1v) is 6.08. The minimum atomic E-state index is -0.451. The van der Waals surface area contributed by atoms with Gasteiger partial charge in [-0.25, -0.2) is 4.79 Å². The molecule has 0 fully saturated rings. The maximum absolute atomic E-state index is 11.2. The largest absolute Gasteiger partial charge is 0.465 e. The molecule has 0 radical (unpaired) electrons. The number of nitrogen functional groups attached to an aromatic ring is 1. The molecule has 0 aliphatic rings. The summed E-state index contributed by atoms with van der Waals surface area (Å²) >= 11 is 5.89. The number of carbonyl (C=O) groups is 1. The van der Waals surface area contributed by atoms with Crippen molar-refractivity contribution in [2.45, 2.75) is 34.6 Å². The second-order valence-electron chi connectivity index (χ2n) is 2.63. The number of ether oxygens (including phenoxy) is 1. The number of methoxy groups -OCH3 is 1. The number of halogens is 1. The fourth-order valence-electron chi connectivity index (χ4n) is 0.968. The second kappa shape index (κ2) is 9.97. The van der Waals surface area contributed by atoms with Crippen molar-refractivity contribution in [2.24, 2.45) is 0 Å². The molecule has 3 nitrogen and oxygen atoms in total. The summed E-state index contributed by atoms with van der Waals surface area (Å²) in [4.78, 5) is 11.2. The van der Waals surface area contributed by atoms with Gasteiger partial charge in [0.2, 0.25) is 0 Å². The fourth-order valence-corrected chi connectivity index (χ4v) is 1.22. The van der Waals surface area contributed by atoms with Crippen LogP contribution in [0.1, 0.15) is 43.6 Å². The van der Waals surface area contributed by atoms with Crippen molar-refractivity contribution in [2.75, 3.05) is 12.8 Å². The number of esters is 1. The molecule has 1 aromatic rings. The van der Waals surface area contributed by atoms with Crippen LogP contribution in [-0.2, 0) is 4.74 Å². The van der Waals surface area contributed by atoms with Crippen LogP contribution in [0.25, 0.3) is 0 Å². The SMILES string of the molecule is CC.CC.COC(=O)c1ccc(N)c(C)c1Cl. The van der Waals surface area contributed by atoms with Gasteiger partial charge in [-0.2, -0.15) is 0 Å². The van der Waals surface area contributed by atoms with E-state index in [4.69, 9.17) is 17.3 Å². The smallest absolute Gasteiger partial charge is 0.339 e. The van der Waals surface area contributed by atoms with E-state index in [0.717, 1.165) is 0 Å². The molecule has 0 heterocycles. The van der Waals surface area contributed by atoms with E-state index in [9.17, 15) is 4.79 Å². The Balaban J connectivity index is 0. The first-order valence-electron chi connectivity index (χ1n) is 5.70. The van der Waals surface area contributed by atoms with Gasteiger partial charge in [0.1, 0.15) is 0 Å². The van der Waals surface area contributed by atoms with Crippen molar-refractivity contribution in [3.63, 3.8) is 0 Å². The topological polar surface area (TPSA) is 52.3 Å². The quantitative estimate of drug-likeness (QED) is 0.611. The van der Waals surface area contributed by atoms with Crippen LogP contribution < -0.4 is 5.73 Å². The summed E-state index contributed by atoms with van der Waals surface area (Å²) in [5.74, 6) is -0.451. The van der Waals surface area contributed by atoms with E-state index in [2.05, 4.69) is 4.74 Å². The van der Waals surface area contributed by atoms with Crippen LogP contribution in [0.5, 0.6) is 0 Å². The van der Waals surface area contributed by atoms with Crippen LogP contribution in [0.4, 0.5) is 5.69 Å². The van der Waals surface area contributed by atoms with E-state index in [1.807, 2.05) is 27.7 Å². The molecular weight excluding hydrogens is 238 g/mol. The molecule has 0 saturated carbocycles. The zero-order valence-electron chi connectivity index (χ0n) is 11.4. The molecule has 0 aliphatic heterocycles. The van der Waals surface area contributed by atoms with Crippen molar-refractivity contribution in [1.29, 1.82) is 0 Å². The lowest BCUT2D eigenvalue weighted by Gasteiger charge is -2.06. The highest BCUT2D eigenvalue weighted by atomic mass is 35.5. The first-order chi connectivity index (χ1) is 8.07. The first kappa shape index (κ1) is 18.2. The molecule has 1 aromatic carbocycles. The fraction of sp³-hybridized carbons (Fsp3) is 0.462. The van der Waals surface area contributed by atoms with Gasteiger partial charge in [0, 0.05) is 5.69 Å². The van der Waals surface area contributed by atoms with Crippen LogP contribution in [0.15, 0.2) is 12.1 Å². The Kier molecular flexibility index (Phi) is 10.6. The van der Waals surface area contributed by atoms with Gasteiger partial charge in [0.05, 0.1) is 17.7 Å². The third kappa shape index (κ3) is 5.09. The molecule has 0 amide bonds. The average molecular weight is 260 g/mol. The van der Waals surface area contributed by atoms with Crippen molar-refractivity contribution in [3.8, 4) is 0 Å². The zero-order chi connectivity index (χ0) is 14.0. The van der Waals surface area contributed by atoms with Gasteiger partial charge in [-0.1, -0.05) is 39.3 Å². The Morgan fingerprint density at radius 2 is 1.71 bits per heavy atom. The van der Waals surface area contributed by atoms with Crippen LogP contribution in [-0.4, -0.2) is 13.1 Å². The highest BCUT2D eigenvalue weighted by Gasteiger charge is 2.13. The number of nitrogens with two attached hydrogens (primary N) is 1. The van der Waals surface area contributed by atoms with Crippen LogP contribution in [0.2, 0.25) is 5.02 Å². The third-order valence-corrected chi connectivity index (χ3v) is 2.32. The summed E-state index contributed by atoms with van der Waals surface area (Å²) in [5.41, 5.74) is 7.20.